The van der Waals surface area contributed by atoms with Gasteiger partial charge < -0.3 is 39.0 Å². The van der Waals surface area contributed by atoms with Gasteiger partial charge in [-0.3, -0.25) is 14.4 Å². The van der Waals surface area contributed by atoms with E-state index >= 15 is 0 Å². The molecule has 0 spiro atoms. The van der Waals surface area contributed by atoms with Crippen molar-refractivity contribution >= 4 is 35.2 Å². The Morgan fingerprint density at radius 3 is 2.33 bits per heavy atom. The molecule has 0 bridgehead atoms. The molecular formula is C36H56N4O8. The second kappa shape index (κ2) is 15.4. The number of benzene rings is 1. The number of hydrogen-bond donors (Lipinski definition) is 1. The van der Waals surface area contributed by atoms with E-state index < -0.39 is 29.1 Å². The minimum absolute atomic E-state index is 0.0234. The van der Waals surface area contributed by atoms with Crippen LogP contribution in [0.15, 0.2) is 18.2 Å². The van der Waals surface area contributed by atoms with Crippen molar-refractivity contribution in [3.05, 3.63) is 18.2 Å². The smallest absolute Gasteiger partial charge is 0.410 e. The number of rotatable bonds is 13. The molecule has 1 aliphatic carbocycles. The predicted molar refractivity (Wildman–Crippen MR) is 183 cm³/mol. The number of carbonyl (C=O) groups is 4. The lowest BCUT2D eigenvalue weighted by molar-refractivity contribution is -0.133. The summed E-state index contributed by atoms with van der Waals surface area (Å²) in [4.78, 5) is 60.1. The van der Waals surface area contributed by atoms with Crippen molar-refractivity contribution in [3.8, 4) is 5.75 Å². The number of carbonyl (C=O) groups excluding carboxylic acids is 4. The van der Waals surface area contributed by atoms with Crippen LogP contribution < -0.4 is 19.9 Å². The molecule has 0 unspecified atom stereocenters. The summed E-state index contributed by atoms with van der Waals surface area (Å²) in [5, 5.41) is 3.13. The molecule has 268 valence electrons. The topological polar surface area (TPSA) is 127 Å². The first-order chi connectivity index (χ1) is 22.6. The number of fused-ring (bicyclic) bond motifs is 1. The molecular weight excluding hydrogens is 616 g/mol. The Morgan fingerprint density at radius 2 is 1.73 bits per heavy atom. The third-order valence-corrected chi connectivity index (χ3v) is 8.91. The van der Waals surface area contributed by atoms with Crippen LogP contribution in [0.3, 0.4) is 0 Å². The molecule has 2 fully saturated rings. The molecule has 1 N–H and O–H groups in total. The molecule has 1 aromatic rings. The monoisotopic (exact) mass is 672 g/mol. The van der Waals surface area contributed by atoms with Crippen LogP contribution in [0, 0.1) is 17.8 Å². The summed E-state index contributed by atoms with van der Waals surface area (Å²) in [7, 11) is 0. The first-order valence-corrected chi connectivity index (χ1v) is 17.5. The maximum absolute atomic E-state index is 14.6. The van der Waals surface area contributed by atoms with Gasteiger partial charge in [0.2, 0.25) is 11.8 Å². The van der Waals surface area contributed by atoms with E-state index in [4.69, 9.17) is 18.9 Å². The number of amides is 4. The van der Waals surface area contributed by atoms with Crippen LogP contribution in [0.5, 0.6) is 5.75 Å². The Labute approximate surface area is 285 Å². The number of piperidine rings is 1. The molecule has 0 radical (unpaired) electrons. The summed E-state index contributed by atoms with van der Waals surface area (Å²) >= 11 is 0. The van der Waals surface area contributed by atoms with Crippen molar-refractivity contribution in [2.24, 2.45) is 17.8 Å². The molecule has 2 aliphatic heterocycles. The number of nitrogens with one attached hydrogen (secondary N) is 1. The highest BCUT2D eigenvalue weighted by Crippen LogP contribution is 2.43. The molecule has 4 amide bonds. The van der Waals surface area contributed by atoms with Gasteiger partial charge in [0.15, 0.2) is 5.60 Å². The van der Waals surface area contributed by atoms with Crippen molar-refractivity contribution in [1.82, 2.24) is 10.2 Å². The first-order valence-electron chi connectivity index (χ1n) is 17.5. The molecule has 1 aromatic carbocycles. The fourth-order valence-electron chi connectivity index (χ4n) is 6.17. The quantitative estimate of drug-likeness (QED) is 0.297. The average Bonchev–Trinajstić information content (AvgIpc) is 3.85. The standard InChI is InChI=1S/C36H56N4O8/c1-10-45-17-16-39-29-19-27(14-15-30(29)47-36(8,9)33(39)43)40(26-12-13-26)32(42)25-18-24(20-38(21-25)34(44)48-35(5,6)7)31(41)37-28(23(3)4)22-46-11-2/h14-15,19,23-26,28H,10-13,16-18,20-22H2,1-9H3,(H,37,41)/t24-,25+,28-/m0/s1. The summed E-state index contributed by atoms with van der Waals surface area (Å²) < 4.78 is 23.0. The minimum Gasteiger partial charge on any atom is -0.476 e. The van der Waals surface area contributed by atoms with Crippen LogP contribution in [0.4, 0.5) is 16.2 Å². The van der Waals surface area contributed by atoms with Crippen LogP contribution in [0.2, 0.25) is 0 Å². The lowest BCUT2D eigenvalue weighted by atomic mass is 9.87. The molecule has 0 aromatic heterocycles. The summed E-state index contributed by atoms with van der Waals surface area (Å²) in [6.07, 6.45) is 1.40. The van der Waals surface area contributed by atoms with Crippen molar-refractivity contribution in [2.45, 2.75) is 105 Å². The SMILES string of the molecule is CCOCCN1C(=O)C(C)(C)Oc2ccc(N(C(=O)[C@@H]3C[C@H](C(=O)N[C@@H](COCC)C(C)C)CN(C(=O)OC(C)(C)C)C3)C3CC3)cc21. The lowest BCUT2D eigenvalue weighted by Gasteiger charge is -2.40. The Morgan fingerprint density at radius 1 is 1.06 bits per heavy atom. The van der Waals surface area contributed by atoms with Gasteiger partial charge in [0.05, 0.1) is 36.8 Å². The Balaban J connectivity index is 1.64. The highest BCUT2D eigenvalue weighted by atomic mass is 16.6. The van der Waals surface area contributed by atoms with E-state index in [1.54, 1.807) is 44.4 Å². The maximum Gasteiger partial charge on any atom is 0.410 e. The fraction of sp³-hybridized carbons (Fsp3) is 0.722. The second-order valence-corrected chi connectivity index (χ2v) is 14.9. The zero-order valence-corrected chi connectivity index (χ0v) is 30.3. The molecule has 3 atom stereocenters. The van der Waals surface area contributed by atoms with Gasteiger partial charge in [-0.1, -0.05) is 13.8 Å². The molecule has 48 heavy (non-hydrogen) atoms. The molecule has 4 rings (SSSR count). The summed E-state index contributed by atoms with van der Waals surface area (Å²) in [5.74, 6) is -1.14. The number of nitrogens with zero attached hydrogens (tertiary/aromatic N) is 3. The van der Waals surface area contributed by atoms with Gasteiger partial charge in [-0.25, -0.2) is 4.79 Å². The molecule has 3 aliphatic rings. The Kier molecular flexibility index (Phi) is 12.0. The van der Waals surface area contributed by atoms with Gasteiger partial charge >= 0.3 is 6.09 Å². The van der Waals surface area contributed by atoms with E-state index in [0.29, 0.717) is 50.1 Å². The zero-order chi connectivity index (χ0) is 35.4. The molecule has 1 saturated heterocycles. The van der Waals surface area contributed by atoms with Gasteiger partial charge in [0, 0.05) is 44.6 Å². The Hall–Kier alpha value is -3.38. The van der Waals surface area contributed by atoms with Gasteiger partial charge in [0.1, 0.15) is 11.4 Å². The second-order valence-electron chi connectivity index (χ2n) is 14.9. The maximum atomic E-state index is 14.6. The van der Waals surface area contributed by atoms with Gasteiger partial charge in [0.25, 0.3) is 5.91 Å². The third-order valence-electron chi connectivity index (χ3n) is 8.91. The van der Waals surface area contributed by atoms with Gasteiger partial charge in [-0.05, 0) is 91.8 Å². The largest absolute Gasteiger partial charge is 0.476 e. The summed E-state index contributed by atoms with van der Waals surface area (Å²) in [5.41, 5.74) is -0.560. The first kappa shape index (κ1) is 37.4. The zero-order valence-electron chi connectivity index (χ0n) is 30.3. The summed E-state index contributed by atoms with van der Waals surface area (Å²) in [6, 6.07) is 5.27. The molecule has 1 saturated carbocycles. The van der Waals surface area contributed by atoms with E-state index in [0.717, 1.165) is 12.8 Å². The number of anilines is 2. The Bertz CT molecular complexity index is 1320. The average molecular weight is 673 g/mol. The van der Waals surface area contributed by atoms with Crippen molar-refractivity contribution in [2.75, 3.05) is 55.9 Å². The minimum atomic E-state index is -1.05. The van der Waals surface area contributed by atoms with E-state index in [-0.39, 0.29) is 55.2 Å². The number of likely N-dealkylation sites (tertiary alicyclic amines) is 1. The van der Waals surface area contributed by atoms with Crippen LogP contribution >= 0.6 is 0 Å². The van der Waals surface area contributed by atoms with Crippen LogP contribution in [-0.4, -0.2) is 98.1 Å². The van der Waals surface area contributed by atoms with Crippen molar-refractivity contribution in [3.63, 3.8) is 0 Å². The predicted octanol–water partition coefficient (Wildman–Crippen LogP) is 4.77. The normalized spacial score (nSPS) is 21.3. The number of ether oxygens (including phenoxy) is 4. The van der Waals surface area contributed by atoms with E-state index in [1.165, 1.54) is 4.90 Å². The highest BCUT2D eigenvalue weighted by Gasteiger charge is 2.45. The van der Waals surface area contributed by atoms with Crippen LogP contribution in [-0.2, 0) is 28.6 Å². The fourth-order valence-corrected chi connectivity index (χ4v) is 6.17. The molecule has 2 heterocycles. The van der Waals surface area contributed by atoms with E-state index in [2.05, 4.69) is 5.32 Å². The van der Waals surface area contributed by atoms with Gasteiger partial charge in [-0.2, -0.15) is 0 Å². The third kappa shape index (κ3) is 9.19. The van der Waals surface area contributed by atoms with Crippen molar-refractivity contribution < 1.29 is 38.1 Å². The lowest BCUT2D eigenvalue weighted by Crippen LogP contribution is -2.55. The van der Waals surface area contributed by atoms with E-state index in [1.807, 2.05) is 45.9 Å². The number of hydrogen-bond acceptors (Lipinski definition) is 8. The van der Waals surface area contributed by atoms with Crippen LogP contribution in [0.1, 0.15) is 81.6 Å². The van der Waals surface area contributed by atoms with Gasteiger partial charge in [-0.15, -0.1) is 0 Å². The van der Waals surface area contributed by atoms with E-state index in [9.17, 15) is 19.2 Å². The summed E-state index contributed by atoms with van der Waals surface area (Å²) in [6.45, 7) is 19.2. The molecule has 12 heteroatoms. The van der Waals surface area contributed by atoms with Crippen LogP contribution in [0.25, 0.3) is 0 Å². The molecule has 12 nitrogen and oxygen atoms in total. The van der Waals surface area contributed by atoms with Crippen molar-refractivity contribution in [1.29, 1.82) is 0 Å². The highest BCUT2D eigenvalue weighted by molar-refractivity contribution is 6.04.